The van der Waals surface area contributed by atoms with Gasteiger partial charge < -0.3 is 14.8 Å². The summed E-state index contributed by atoms with van der Waals surface area (Å²) in [5.41, 5.74) is 0.232. The van der Waals surface area contributed by atoms with E-state index in [9.17, 15) is 9.59 Å². The van der Waals surface area contributed by atoms with Crippen molar-refractivity contribution < 1.29 is 19.1 Å². The van der Waals surface area contributed by atoms with E-state index in [4.69, 9.17) is 9.47 Å². The summed E-state index contributed by atoms with van der Waals surface area (Å²) in [7, 11) is 0. The van der Waals surface area contributed by atoms with Crippen LogP contribution >= 0.6 is 15.9 Å². The van der Waals surface area contributed by atoms with E-state index in [1.54, 1.807) is 18.4 Å². The minimum Gasteiger partial charge on any atom is -0.419 e. The average Bonchev–Trinajstić information content (AvgIpc) is 2.32. The Bertz CT molecular complexity index is 467. The summed E-state index contributed by atoms with van der Waals surface area (Å²) in [4.78, 5) is 23.4. The van der Waals surface area contributed by atoms with Gasteiger partial charge >= 0.3 is 11.9 Å². The summed E-state index contributed by atoms with van der Waals surface area (Å²) in [6.07, 6.45) is 4.92. The van der Waals surface area contributed by atoms with Crippen LogP contribution in [-0.4, -0.2) is 17.7 Å². The molecule has 1 saturated heterocycles. The molecule has 0 aromatic carbocycles. The standard InChI is InChI=1S/C11H10BrNO4.C2H6/c1-11(2)16-9(14)8(10(15)17-11)7-4-3-6(12)5-13-7;1-2/h3-5,13H,1-2H3;1-2H3. The van der Waals surface area contributed by atoms with E-state index in [1.807, 2.05) is 13.8 Å². The van der Waals surface area contributed by atoms with Gasteiger partial charge in [0.25, 0.3) is 5.79 Å². The zero-order valence-corrected chi connectivity index (χ0v) is 12.8. The molecule has 2 aliphatic rings. The van der Waals surface area contributed by atoms with Crippen molar-refractivity contribution in [1.82, 2.24) is 5.32 Å². The first-order valence-electron chi connectivity index (χ1n) is 5.90. The molecule has 0 atom stereocenters. The second-order valence-corrected chi connectivity index (χ2v) is 4.89. The number of rotatable bonds is 0. The Labute approximate surface area is 120 Å². The van der Waals surface area contributed by atoms with Gasteiger partial charge in [-0.3, -0.25) is 0 Å². The monoisotopic (exact) mass is 329 g/mol. The lowest BCUT2D eigenvalue weighted by Gasteiger charge is -2.30. The fraction of sp³-hybridized carbons (Fsp3) is 0.385. The normalized spacial score (nSPS) is 20.6. The van der Waals surface area contributed by atoms with Crippen molar-refractivity contribution in [2.75, 3.05) is 0 Å². The minimum atomic E-state index is -1.22. The minimum absolute atomic E-state index is 0.128. The van der Waals surface area contributed by atoms with Crippen LogP contribution in [0.2, 0.25) is 0 Å². The Morgan fingerprint density at radius 3 is 2.05 bits per heavy atom. The van der Waals surface area contributed by atoms with Gasteiger partial charge in [-0.15, -0.1) is 0 Å². The maximum absolute atomic E-state index is 11.7. The summed E-state index contributed by atoms with van der Waals surface area (Å²) < 4.78 is 10.8. The van der Waals surface area contributed by atoms with Crippen molar-refractivity contribution in [1.29, 1.82) is 0 Å². The second-order valence-electron chi connectivity index (χ2n) is 3.97. The van der Waals surface area contributed by atoms with Gasteiger partial charge in [0.05, 0.1) is 5.70 Å². The van der Waals surface area contributed by atoms with Gasteiger partial charge in [-0.25, -0.2) is 9.59 Å². The Morgan fingerprint density at radius 1 is 1.11 bits per heavy atom. The highest BCUT2D eigenvalue weighted by Gasteiger charge is 2.40. The molecule has 0 aromatic heterocycles. The van der Waals surface area contributed by atoms with Crippen LogP contribution in [0.1, 0.15) is 27.7 Å². The zero-order valence-electron chi connectivity index (χ0n) is 11.2. The number of allylic oxidation sites excluding steroid dienone is 3. The molecular weight excluding hydrogens is 314 g/mol. The lowest BCUT2D eigenvalue weighted by Crippen LogP contribution is -2.43. The molecule has 0 bridgehead atoms. The van der Waals surface area contributed by atoms with Gasteiger partial charge in [0.2, 0.25) is 0 Å². The molecule has 0 unspecified atom stereocenters. The molecule has 0 aliphatic carbocycles. The molecule has 2 heterocycles. The SMILES string of the molecule is CC.CC1(C)OC(=O)C(=C2C=CC(Br)=CN2)C(=O)O1. The van der Waals surface area contributed by atoms with Crippen LogP contribution in [-0.2, 0) is 19.1 Å². The van der Waals surface area contributed by atoms with Crippen LogP contribution in [0.3, 0.4) is 0 Å². The van der Waals surface area contributed by atoms with Crippen LogP contribution in [0.25, 0.3) is 0 Å². The van der Waals surface area contributed by atoms with Crippen LogP contribution < -0.4 is 5.32 Å². The van der Waals surface area contributed by atoms with E-state index in [-0.39, 0.29) is 5.57 Å². The molecule has 1 fully saturated rings. The molecule has 6 heteroatoms. The molecule has 104 valence electrons. The third-order valence-corrected chi connectivity index (χ3v) is 2.62. The van der Waals surface area contributed by atoms with Crippen molar-refractivity contribution in [3.05, 3.63) is 34.1 Å². The number of dihydropyridines is 1. The fourth-order valence-electron chi connectivity index (χ4n) is 1.43. The number of esters is 2. The van der Waals surface area contributed by atoms with Gasteiger partial charge in [-0.2, -0.15) is 0 Å². The highest BCUT2D eigenvalue weighted by molar-refractivity contribution is 9.11. The number of ether oxygens (including phenoxy) is 2. The lowest BCUT2D eigenvalue weighted by atomic mass is 10.1. The van der Waals surface area contributed by atoms with Crippen molar-refractivity contribution in [2.45, 2.75) is 33.5 Å². The molecule has 0 aromatic rings. The Morgan fingerprint density at radius 2 is 1.63 bits per heavy atom. The van der Waals surface area contributed by atoms with Gasteiger partial charge in [-0.1, -0.05) is 13.8 Å². The number of hydrogen-bond acceptors (Lipinski definition) is 5. The molecule has 5 nitrogen and oxygen atoms in total. The second kappa shape index (κ2) is 6.06. The Balaban J connectivity index is 0.000000861. The van der Waals surface area contributed by atoms with Crippen molar-refractivity contribution >= 4 is 27.9 Å². The summed E-state index contributed by atoms with van der Waals surface area (Å²) in [5.74, 6) is -2.60. The Kier molecular flexibility index (Phi) is 4.94. The molecule has 19 heavy (non-hydrogen) atoms. The summed E-state index contributed by atoms with van der Waals surface area (Å²) in [6, 6.07) is 0. The van der Waals surface area contributed by atoms with Gasteiger partial charge in [0.15, 0.2) is 5.57 Å². The van der Waals surface area contributed by atoms with Gasteiger partial charge in [0, 0.05) is 24.5 Å². The van der Waals surface area contributed by atoms with Crippen LogP contribution in [0, 0.1) is 0 Å². The number of cyclic esters (lactones) is 2. The van der Waals surface area contributed by atoms with E-state index in [1.165, 1.54) is 13.8 Å². The quantitative estimate of drug-likeness (QED) is 0.420. The molecular formula is C13H16BrNO4. The molecule has 1 N–H and O–H groups in total. The number of hydrogen-bond donors (Lipinski definition) is 1. The summed E-state index contributed by atoms with van der Waals surface area (Å²) in [5, 5.41) is 2.81. The average molecular weight is 330 g/mol. The summed E-state index contributed by atoms with van der Waals surface area (Å²) >= 11 is 3.24. The van der Waals surface area contributed by atoms with Gasteiger partial charge in [0.1, 0.15) is 0 Å². The first kappa shape index (κ1) is 15.5. The largest absolute Gasteiger partial charge is 0.419 e. The van der Waals surface area contributed by atoms with Crippen molar-refractivity contribution in [3.63, 3.8) is 0 Å². The van der Waals surface area contributed by atoms with Crippen molar-refractivity contribution in [2.24, 2.45) is 0 Å². The molecule has 0 amide bonds. The molecule has 2 aliphatic heterocycles. The fourth-order valence-corrected chi connectivity index (χ4v) is 1.68. The maximum Gasteiger partial charge on any atom is 0.351 e. The van der Waals surface area contributed by atoms with E-state index >= 15 is 0 Å². The third kappa shape index (κ3) is 3.70. The zero-order chi connectivity index (χ0) is 14.6. The summed E-state index contributed by atoms with van der Waals surface area (Å²) in [6.45, 7) is 7.01. The predicted molar refractivity (Wildman–Crippen MR) is 73.9 cm³/mol. The molecule has 0 spiro atoms. The number of nitrogens with one attached hydrogen (secondary N) is 1. The molecule has 0 radical (unpaired) electrons. The highest BCUT2D eigenvalue weighted by atomic mass is 79.9. The van der Waals surface area contributed by atoms with Crippen LogP contribution in [0.4, 0.5) is 0 Å². The number of carbonyl (C=O) groups is 2. The number of halogens is 1. The topological polar surface area (TPSA) is 64.6 Å². The maximum atomic E-state index is 11.7. The lowest BCUT2D eigenvalue weighted by molar-refractivity contribution is -0.222. The van der Waals surface area contributed by atoms with Crippen LogP contribution in [0.15, 0.2) is 34.1 Å². The smallest absolute Gasteiger partial charge is 0.351 e. The Hall–Kier alpha value is -1.56. The molecule has 0 saturated carbocycles. The predicted octanol–water partition coefficient (Wildman–Crippen LogP) is 2.50. The van der Waals surface area contributed by atoms with E-state index in [2.05, 4.69) is 21.2 Å². The first-order valence-corrected chi connectivity index (χ1v) is 6.69. The third-order valence-electron chi connectivity index (χ3n) is 2.13. The first-order chi connectivity index (χ1) is 8.89. The van der Waals surface area contributed by atoms with Crippen molar-refractivity contribution in [3.8, 4) is 0 Å². The van der Waals surface area contributed by atoms with E-state index < -0.39 is 17.7 Å². The number of carbonyl (C=O) groups excluding carboxylic acids is 2. The van der Waals surface area contributed by atoms with E-state index in [0.29, 0.717) is 5.70 Å². The molecule has 2 rings (SSSR count). The van der Waals surface area contributed by atoms with Crippen LogP contribution in [0.5, 0.6) is 0 Å². The highest BCUT2D eigenvalue weighted by Crippen LogP contribution is 2.25. The van der Waals surface area contributed by atoms with Gasteiger partial charge in [-0.05, 0) is 28.1 Å². The van der Waals surface area contributed by atoms with E-state index in [0.717, 1.165) is 4.48 Å².